The first-order chi connectivity index (χ1) is 11.8. The van der Waals surface area contributed by atoms with E-state index in [1.54, 1.807) is 18.2 Å². The fraction of sp³-hybridized carbons (Fsp3) is 0.250. The third kappa shape index (κ3) is 4.34. The Morgan fingerprint density at radius 2 is 1.96 bits per heavy atom. The summed E-state index contributed by atoms with van der Waals surface area (Å²) in [5.41, 5.74) is 4.44. The summed E-state index contributed by atoms with van der Waals surface area (Å²) in [7, 11) is 1.30. The molecule has 9 nitrogen and oxygen atoms in total. The molecule has 0 spiro atoms. The molecule has 3 N–H and O–H groups in total. The molecule has 132 valence electrons. The molecule has 0 aliphatic heterocycles. The number of aromatic amines is 1. The summed E-state index contributed by atoms with van der Waals surface area (Å²) in [6.07, 6.45) is 0. The molecular formula is C16H17N3O6. The summed E-state index contributed by atoms with van der Waals surface area (Å²) >= 11 is 0. The Morgan fingerprint density at radius 3 is 2.64 bits per heavy atom. The number of Topliss-reactive ketones (excluding diaryl/α,β-unsaturated/α-hetero) is 1. The maximum absolute atomic E-state index is 12.0. The van der Waals surface area contributed by atoms with Gasteiger partial charge in [0.25, 0.3) is 5.56 Å². The van der Waals surface area contributed by atoms with Crippen molar-refractivity contribution in [3.63, 3.8) is 0 Å². The number of nitrogens with two attached hydrogens (primary N) is 1. The minimum absolute atomic E-state index is 0.300. The molecule has 2 rings (SSSR count). The van der Waals surface area contributed by atoms with Crippen molar-refractivity contribution in [1.82, 2.24) is 9.55 Å². The van der Waals surface area contributed by atoms with Gasteiger partial charge in [0.2, 0.25) is 5.78 Å². The topological polar surface area (TPSA) is 133 Å². The molecule has 0 unspecified atom stereocenters. The van der Waals surface area contributed by atoms with Crippen molar-refractivity contribution in [3.05, 3.63) is 56.2 Å². The molecule has 0 aliphatic carbocycles. The van der Waals surface area contributed by atoms with Gasteiger partial charge >= 0.3 is 11.7 Å². The van der Waals surface area contributed by atoms with Gasteiger partial charge < -0.3 is 15.2 Å². The van der Waals surface area contributed by atoms with E-state index in [0.29, 0.717) is 5.75 Å². The number of carbonyl (C=O) groups excluding carboxylic acids is 2. The third-order valence-electron chi connectivity index (χ3n) is 3.36. The Bertz CT molecular complexity index is 928. The number of aromatic nitrogens is 2. The van der Waals surface area contributed by atoms with E-state index in [4.69, 9.17) is 15.2 Å². The van der Waals surface area contributed by atoms with E-state index < -0.39 is 41.8 Å². The summed E-state index contributed by atoms with van der Waals surface area (Å²) < 4.78 is 10.9. The summed E-state index contributed by atoms with van der Waals surface area (Å²) in [6, 6.07) is 7.06. The highest BCUT2D eigenvalue weighted by Crippen LogP contribution is 2.12. The van der Waals surface area contributed by atoms with Crippen LogP contribution in [0.15, 0.2) is 33.9 Å². The number of H-pyrrole nitrogens is 1. The lowest BCUT2D eigenvalue weighted by Gasteiger charge is -2.09. The smallest absolute Gasteiger partial charge is 0.344 e. The zero-order valence-corrected chi connectivity index (χ0v) is 13.7. The second-order valence-electron chi connectivity index (χ2n) is 5.27. The van der Waals surface area contributed by atoms with Gasteiger partial charge in [0.1, 0.15) is 17.1 Å². The van der Waals surface area contributed by atoms with Crippen LogP contribution in [0.3, 0.4) is 0 Å². The van der Waals surface area contributed by atoms with E-state index >= 15 is 0 Å². The van der Waals surface area contributed by atoms with Crippen LogP contribution in [0.2, 0.25) is 0 Å². The zero-order chi connectivity index (χ0) is 18.6. The van der Waals surface area contributed by atoms with Crippen molar-refractivity contribution in [3.8, 4) is 5.75 Å². The number of hydrogen-bond acceptors (Lipinski definition) is 7. The molecule has 25 heavy (non-hydrogen) atoms. The van der Waals surface area contributed by atoms with Gasteiger partial charge in [0, 0.05) is 7.05 Å². The zero-order valence-electron chi connectivity index (χ0n) is 13.7. The quantitative estimate of drug-likeness (QED) is 0.544. The largest absolute Gasteiger partial charge is 0.482 e. The first kappa shape index (κ1) is 18.0. The lowest BCUT2D eigenvalue weighted by Crippen LogP contribution is -2.36. The van der Waals surface area contributed by atoms with Gasteiger partial charge in [-0.1, -0.05) is 12.1 Å². The lowest BCUT2D eigenvalue weighted by molar-refractivity contribution is -0.144. The summed E-state index contributed by atoms with van der Waals surface area (Å²) in [5.74, 6) is -1.42. The molecule has 0 atom stereocenters. The highest BCUT2D eigenvalue weighted by atomic mass is 16.6. The van der Waals surface area contributed by atoms with Gasteiger partial charge in [0.15, 0.2) is 13.2 Å². The van der Waals surface area contributed by atoms with Crippen LogP contribution in [0.1, 0.15) is 15.9 Å². The Labute approximate surface area is 142 Å². The van der Waals surface area contributed by atoms with Crippen molar-refractivity contribution >= 4 is 17.6 Å². The maximum Gasteiger partial charge on any atom is 0.344 e. The summed E-state index contributed by atoms with van der Waals surface area (Å²) in [4.78, 5) is 48.7. The highest BCUT2D eigenvalue weighted by molar-refractivity contribution is 6.01. The Morgan fingerprint density at radius 1 is 1.24 bits per heavy atom. The van der Waals surface area contributed by atoms with Crippen molar-refractivity contribution < 1.29 is 19.1 Å². The first-order valence-corrected chi connectivity index (χ1v) is 7.26. The highest BCUT2D eigenvalue weighted by Gasteiger charge is 2.19. The second-order valence-corrected chi connectivity index (χ2v) is 5.27. The van der Waals surface area contributed by atoms with Crippen molar-refractivity contribution in [2.75, 3.05) is 18.9 Å². The van der Waals surface area contributed by atoms with E-state index in [1.165, 1.54) is 7.05 Å². The number of ketones is 1. The van der Waals surface area contributed by atoms with E-state index in [1.807, 2.05) is 18.0 Å². The number of aryl methyl sites for hydroxylation is 1. The van der Waals surface area contributed by atoms with Crippen LogP contribution >= 0.6 is 0 Å². The van der Waals surface area contributed by atoms with Crippen LogP contribution in [0.4, 0.5) is 5.82 Å². The maximum atomic E-state index is 12.0. The summed E-state index contributed by atoms with van der Waals surface area (Å²) in [5, 5.41) is 0. The normalized spacial score (nSPS) is 10.3. The van der Waals surface area contributed by atoms with Gasteiger partial charge in [-0.15, -0.1) is 0 Å². The molecule has 1 aromatic heterocycles. The number of benzene rings is 1. The van der Waals surface area contributed by atoms with Crippen LogP contribution in [0.25, 0.3) is 0 Å². The molecule has 0 amide bonds. The average molecular weight is 347 g/mol. The fourth-order valence-corrected chi connectivity index (χ4v) is 2.01. The number of nitrogens with zero attached hydrogens (tertiary/aromatic N) is 1. The van der Waals surface area contributed by atoms with Crippen LogP contribution in [0.5, 0.6) is 5.75 Å². The molecule has 0 radical (unpaired) electrons. The number of carbonyl (C=O) groups is 2. The number of rotatable bonds is 6. The van der Waals surface area contributed by atoms with E-state index in [0.717, 1.165) is 10.1 Å². The van der Waals surface area contributed by atoms with Crippen LogP contribution in [0, 0.1) is 6.92 Å². The molecule has 0 aliphatic rings. The lowest BCUT2D eigenvalue weighted by atomic mass is 10.2. The first-order valence-electron chi connectivity index (χ1n) is 7.26. The number of ether oxygens (including phenoxy) is 2. The number of nitrogens with one attached hydrogen (secondary N) is 1. The number of esters is 1. The Balaban J connectivity index is 1.96. The SMILES string of the molecule is Cc1cccc(OCC(=O)OCC(=O)c2c(N)n(C)c(=O)[nH]c2=O)c1. The van der Waals surface area contributed by atoms with Gasteiger partial charge in [-0.25, -0.2) is 9.59 Å². The molecule has 2 aromatic rings. The Hall–Kier alpha value is -3.36. The van der Waals surface area contributed by atoms with E-state index in [9.17, 15) is 19.2 Å². The predicted octanol–water partition coefficient (Wildman–Crippen LogP) is -0.231. The van der Waals surface area contributed by atoms with E-state index in [2.05, 4.69) is 0 Å². The van der Waals surface area contributed by atoms with Gasteiger partial charge in [0.05, 0.1) is 0 Å². The third-order valence-corrected chi connectivity index (χ3v) is 3.36. The van der Waals surface area contributed by atoms with Crippen LogP contribution in [-0.2, 0) is 16.6 Å². The second kappa shape index (κ2) is 7.47. The van der Waals surface area contributed by atoms with Gasteiger partial charge in [-0.2, -0.15) is 0 Å². The van der Waals surface area contributed by atoms with Crippen LogP contribution in [-0.4, -0.2) is 34.5 Å². The molecule has 0 saturated heterocycles. The number of anilines is 1. The average Bonchev–Trinajstić information content (AvgIpc) is 2.56. The van der Waals surface area contributed by atoms with Gasteiger partial charge in [-0.3, -0.25) is 19.1 Å². The van der Waals surface area contributed by atoms with Crippen molar-refractivity contribution in [2.45, 2.75) is 6.92 Å². The molecule has 9 heteroatoms. The molecular weight excluding hydrogens is 330 g/mol. The standard InChI is InChI=1S/C16H17N3O6/c1-9-4-3-5-10(6-9)24-8-12(21)25-7-11(20)13-14(17)19(2)16(23)18-15(13)22/h3-6H,7-8,17H2,1-2H3,(H,18,22,23). The number of nitrogen functional groups attached to an aromatic ring is 1. The predicted molar refractivity (Wildman–Crippen MR) is 88.7 cm³/mol. The minimum atomic E-state index is -0.933. The molecule has 0 saturated carbocycles. The summed E-state index contributed by atoms with van der Waals surface area (Å²) in [6.45, 7) is 0.788. The number of hydrogen-bond donors (Lipinski definition) is 2. The monoisotopic (exact) mass is 347 g/mol. The van der Waals surface area contributed by atoms with Crippen LogP contribution < -0.4 is 21.7 Å². The minimum Gasteiger partial charge on any atom is -0.482 e. The molecule has 0 fully saturated rings. The molecule has 1 heterocycles. The Kier molecular flexibility index (Phi) is 5.38. The fourth-order valence-electron chi connectivity index (χ4n) is 2.01. The van der Waals surface area contributed by atoms with Crippen molar-refractivity contribution in [1.29, 1.82) is 0 Å². The van der Waals surface area contributed by atoms with E-state index in [-0.39, 0.29) is 5.82 Å². The molecule has 1 aromatic carbocycles. The molecule has 0 bridgehead atoms. The van der Waals surface area contributed by atoms with Crippen molar-refractivity contribution in [2.24, 2.45) is 7.05 Å². The van der Waals surface area contributed by atoms with Gasteiger partial charge in [-0.05, 0) is 24.6 Å².